The van der Waals surface area contributed by atoms with Gasteiger partial charge in [-0.2, -0.15) is 4.57 Å². The number of pyridine rings is 1. The summed E-state index contributed by atoms with van der Waals surface area (Å²) in [7, 11) is 2.18. The van der Waals surface area contributed by atoms with Crippen molar-refractivity contribution in [3.8, 4) is 21.8 Å². The second kappa shape index (κ2) is 7.53. The van der Waals surface area contributed by atoms with Gasteiger partial charge in [-0.05, 0) is 53.3 Å². The van der Waals surface area contributed by atoms with Crippen molar-refractivity contribution in [3.63, 3.8) is 0 Å². The number of para-hydroxylation sites is 1. The Morgan fingerprint density at radius 3 is 2.12 bits per heavy atom. The third-order valence-electron chi connectivity index (χ3n) is 6.45. The summed E-state index contributed by atoms with van der Waals surface area (Å²) >= 11 is 1.72. The highest BCUT2D eigenvalue weighted by Gasteiger charge is 2.25. The summed E-state index contributed by atoms with van der Waals surface area (Å²) in [5.74, 6) is 0. The van der Waals surface area contributed by atoms with Gasteiger partial charge in [0.1, 0.15) is 12.1 Å². The highest BCUT2D eigenvalue weighted by atomic mass is 32.1. The quantitative estimate of drug-likeness (QED) is 0.261. The van der Waals surface area contributed by atoms with Gasteiger partial charge in [0.25, 0.3) is 0 Å². The number of aromatic nitrogens is 2. The second-order valence-electron chi connectivity index (χ2n) is 9.71. The van der Waals surface area contributed by atoms with Crippen molar-refractivity contribution >= 4 is 33.0 Å². The molecule has 0 fully saturated rings. The summed E-state index contributed by atoms with van der Waals surface area (Å²) in [6.45, 7) is 11.2. The van der Waals surface area contributed by atoms with Crippen LogP contribution in [0, 0.1) is 13.8 Å². The summed E-state index contributed by atoms with van der Waals surface area (Å²) in [5.41, 5.74) is 8.76. The Bertz CT molecular complexity index is 1490. The Kier molecular flexibility index (Phi) is 4.90. The molecule has 2 heterocycles. The number of fused-ring (bicyclic) bond motifs is 2. The molecule has 0 saturated carbocycles. The molecule has 0 aliphatic heterocycles. The van der Waals surface area contributed by atoms with E-state index in [0.717, 1.165) is 10.7 Å². The van der Waals surface area contributed by atoms with Crippen LogP contribution in [0.1, 0.15) is 37.6 Å². The fourth-order valence-electron chi connectivity index (χ4n) is 4.75. The Hall–Kier alpha value is -3.04. The Labute approximate surface area is 194 Å². The number of rotatable bonds is 2. The number of thiazole rings is 1. The molecule has 2 aromatic heterocycles. The molecule has 0 amide bonds. The van der Waals surface area contributed by atoms with E-state index in [1.165, 1.54) is 49.6 Å². The van der Waals surface area contributed by atoms with E-state index in [4.69, 9.17) is 4.98 Å². The van der Waals surface area contributed by atoms with Crippen LogP contribution in [-0.2, 0) is 12.5 Å². The van der Waals surface area contributed by atoms with Crippen molar-refractivity contribution in [1.82, 2.24) is 4.98 Å². The van der Waals surface area contributed by atoms with Gasteiger partial charge in [0.15, 0.2) is 0 Å². The van der Waals surface area contributed by atoms with Crippen molar-refractivity contribution in [2.75, 3.05) is 0 Å². The molecule has 0 spiro atoms. The minimum atomic E-state index is 0.0483. The fourth-order valence-corrected chi connectivity index (χ4v) is 5.58. The summed E-state index contributed by atoms with van der Waals surface area (Å²) in [5, 5.41) is 7.13. The zero-order valence-corrected chi connectivity index (χ0v) is 20.5. The lowest BCUT2D eigenvalue weighted by atomic mass is 9.80. The van der Waals surface area contributed by atoms with Crippen LogP contribution in [0.2, 0.25) is 0 Å². The number of hydrogen-bond acceptors (Lipinski definition) is 2. The molecule has 0 aliphatic rings. The van der Waals surface area contributed by atoms with Crippen molar-refractivity contribution < 1.29 is 4.57 Å². The van der Waals surface area contributed by atoms with Crippen LogP contribution in [0.5, 0.6) is 0 Å². The van der Waals surface area contributed by atoms with E-state index in [1.807, 2.05) is 0 Å². The van der Waals surface area contributed by atoms with Gasteiger partial charge in [-0.15, -0.1) is 11.3 Å². The molecule has 0 aliphatic carbocycles. The van der Waals surface area contributed by atoms with Crippen molar-refractivity contribution in [1.29, 1.82) is 0 Å². The maximum Gasteiger partial charge on any atom is 0.213 e. The number of hydrogen-bond donors (Lipinski definition) is 0. The molecule has 2 nitrogen and oxygen atoms in total. The average molecular weight is 438 g/mol. The molecule has 0 atom stereocenters. The van der Waals surface area contributed by atoms with Gasteiger partial charge in [0.2, 0.25) is 11.2 Å². The molecule has 0 radical (unpaired) electrons. The van der Waals surface area contributed by atoms with Crippen molar-refractivity contribution in [2.45, 2.75) is 40.0 Å². The fraction of sp³-hybridized carbons (Fsp3) is 0.241. The van der Waals surface area contributed by atoms with Crippen molar-refractivity contribution in [2.24, 2.45) is 7.05 Å². The van der Waals surface area contributed by atoms with Gasteiger partial charge in [-0.25, -0.2) is 4.98 Å². The zero-order chi connectivity index (χ0) is 22.6. The van der Waals surface area contributed by atoms with Crippen LogP contribution < -0.4 is 4.57 Å². The van der Waals surface area contributed by atoms with E-state index in [1.54, 1.807) is 11.3 Å². The normalized spacial score (nSPS) is 12.1. The first-order valence-electron chi connectivity index (χ1n) is 11.1. The van der Waals surface area contributed by atoms with Crippen LogP contribution in [-0.4, -0.2) is 4.98 Å². The lowest BCUT2D eigenvalue weighted by molar-refractivity contribution is -0.633. The Balaban J connectivity index is 1.90. The highest BCUT2D eigenvalue weighted by molar-refractivity contribution is 7.13. The number of benzene rings is 3. The Morgan fingerprint density at radius 2 is 1.47 bits per heavy atom. The van der Waals surface area contributed by atoms with E-state index in [-0.39, 0.29) is 5.41 Å². The molecule has 3 heteroatoms. The number of aryl methyl sites for hydroxylation is 3. The van der Waals surface area contributed by atoms with E-state index >= 15 is 0 Å². The largest absolute Gasteiger partial charge is 0.241 e. The van der Waals surface area contributed by atoms with Crippen LogP contribution in [0.25, 0.3) is 43.5 Å². The minimum absolute atomic E-state index is 0.0483. The molecule has 160 valence electrons. The zero-order valence-electron chi connectivity index (χ0n) is 19.7. The first kappa shape index (κ1) is 20.8. The molecule has 0 saturated heterocycles. The molecule has 3 aromatic carbocycles. The van der Waals surface area contributed by atoms with Crippen LogP contribution in [0.3, 0.4) is 0 Å². The smallest absolute Gasteiger partial charge is 0.213 e. The summed E-state index contributed by atoms with van der Waals surface area (Å²) in [6.07, 6.45) is 0. The standard InChI is InChI=1S/C29H29N2S/c1-18-17-32-28(30-18)24-16-27(31(6)26-14-10-9-13-22(24)26)23-15-25(29(3,4)5)21-12-8-7-11-20(21)19(23)2/h7-17H,1-6H3/q+1. The Morgan fingerprint density at radius 1 is 0.812 bits per heavy atom. The first-order chi connectivity index (χ1) is 15.3. The third kappa shape index (κ3) is 3.32. The lowest BCUT2D eigenvalue weighted by Gasteiger charge is -2.24. The predicted molar refractivity (Wildman–Crippen MR) is 137 cm³/mol. The van der Waals surface area contributed by atoms with Gasteiger partial charge in [0, 0.05) is 28.8 Å². The summed E-state index contributed by atoms with van der Waals surface area (Å²) in [6, 6.07) is 22.2. The maximum atomic E-state index is 4.83. The third-order valence-corrected chi connectivity index (χ3v) is 7.44. The summed E-state index contributed by atoms with van der Waals surface area (Å²) in [4.78, 5) is 4.83. The minimum Gasteiger partial charge on any atom is -0.241 e. The van der Waals surface area contributed by atoms with Gasteiger partial charge < -0.3 is 0 Å². The number of nitrogens with zero attached hydrogens (tertiary/aromatic N) is 2. The second-order valence-corrected chi connectivity index (χ2v) is 10.6. The monoisotopic (exact) mass is 437 g/mol. The SMILES string of the molecule is Cc1csc(-c2cc(-c3cc(C(C)(C)C)c4ccccc4c3C)[n+](C)c3ccccc23)n1. The summed E-state index contributed by atoms with van der Waals surface area (Å²) < 4.78 is 2.34. The molecule has 5 rings (SSSR count). The molecular formula is C29H29N2S+. The molecular weight excluding hydrogens is 408 g/mol. The lowest BCUT2D eigenvalue weighted by Crippen LogP contribution is -2.32. The van der Waals surface area contributed by atoms with Gasteiger partial charge in [0.05, 0.1) is 10.9 Å². The molecule has 5 aromatic rings. The molecule has 0 N–H and O–H groups in total. The topological polar surface area (TPSA) is 16.8 Å². The first-order valence-corrected chi connectivity index (χ1v) is 12.0. The van der Waals surface area contributed by atoms with Gasteiger partial charge in [-0.3, -0.25) is 0 Å². The van der Waals surface area contributed by atoms with E-state index in [2.05, 4.69) is 112 Å². The van der Waals surface area contributed by atoms with E-state index in [9.17, 15) is 0 Å². The van der Waals surface area contributed by atoms with Gasteiger partial charge in [-0.1, -0.05) is 57.2 Å². The predicted octanol–water partition coefficient (Wildman–Crippen LogP) is 7.52. The van der Waals surface area contributed by atoms with E-state index < -0.39 is 0 Å². The average Bonchev–Trinajstić information content (AvgIpc) is 3.20. The van der Waals surface area contributed by atoms with Crippen LogP contribution in [0.15, 0.2) is 66.0 Å². The van der Waals surface area contributed by atoms with Crippen LogP contribution in [0.4, 0.5) is 0 Å². The van der Waals surface area contributed by atoms with Crippen molar-refractivity contribution in [3.05, 3.63) is 82.9 Å². The molecule has 0 unspecified atom stereocenters. The molecule has 0 bridgehead atoms. The highest BCUT2D eigenvalue weighted by Crippen LogP contribution is 2.39. The molecule has 32 heavy (non-hydrogen) atoms. The van der Waals surface area contributed by atoms with Crippen LogP contribution >= 0.6 is 11.3 Å². The maximum absolute atomic E-state index is 4.83. The van der Waals surface area contributed by atoms with E-state index in [0.29, 0.717) is 0 Å². The van der Waals surface area contributed by atoms with Gasteiger partial charge >= 0.3 is 0 Å².